The van der Waals surface area contributed by atoms with Crippen LogP contribution in [0.1, 0.15) is 18.9 Å². The molecular weight excluding hydrogens is 770 g/mol. The lowest BCUT2D eigenvalue weighted by atomic mass is 10.1. The van der Waals surface area contributed by atoms with Crippen LogP contribution in [0.15, 0.2) is 34.5 Å². The van der Waals surface area contributed by atoms with Gasteiger partial charge in [0.05, 0.1) is 12.9 Å². The van der Waals surface area contributed by atoms with E-state index in [9.17, 15) is 67.2 Å². The van der Waals surface area contributed by atoms with Crippen LogP contribution in [0.2, 0.25) is 0 Å². The molecule has 8 atom stereocenters. The van der Waals surface area contributed by atoms with Crippen molar-refractivity contribution in [2.75, 3.05) is 18.9 Å². The van der Waals surface area contributed by atoms with E-state index in [4.69, 9.17) is 19.7 Å². The van der Waals surface area contributed by atoms with Crippen LogP contribution in [-0.4, -0.2) is 111 Å². The third-order valence-electron chi connectivity index (χ3n) is 7.25. The van der Waals surface area contributed by atoms with Gasteiger partial charge in [-0.05, 0) is 0 Å². The summed E-state index contributed by atoms with van der Waals surface area (Å²) in [5.41, 5.74) is 3.65. The number of hydrogen-bond donors (Lipinski definition) is 10. The minimum Gasteiger partial charge on any atom is -0.386 e. The lowest BCUT2D eigenvalue weighted by Gasteiger charge is -2.36. The second-order valence-electron chi connectivity index (χ2n) is 10.5. The number of rotatable bonds is 13. The van der Waals surface area contributed by atoms with Gasteiger partial charge in [0.25, 0.3) is 5.56 Å². The van der Waals surface area contributed by atoms with Gasteiger partial charge in [0.15, 0.2) is 17.7 Å². The van der Waals surface area contributed by atoms with Gasteiger partial charge in [-0.25, -0.2) is 33.4 Å². The molecule has 8 unspecified atom stereocenters. The molecule has 0 aliphatic carbocycles. The molecular formula is C19H27N7O20P4. The van der Waals surface area contributed by atoms with Gasteiger partial charge >= 0.3 is 36.8 Å². The van der Waals surface area contributed by atoms with Crippen molar-refractivity contribution >= 4 is 48.0 Å². The zero-order chi connectivity index (χ0) is 37.0. The van der Waals surface area contributed by atoms with Gasteiger partial charge in [0, 0.05) is 18.7 Å². The molecule has 0 bridgehead atoms. The highest BCUT2D eigenvalue weighted by Gasteiger charge is 2.65. The molecule has 27 nitrogen and oxygen atoms in total. The highest BCUT2D eigenvalue weighted by Crippen LogP contribution is 2.66. The third-order valence-corrected chi connectivity index (χ3v) is 10.7. The predicted molar refractivity (Wildman–Crippen MR) is 156 cm³/mol. The number of nitrogens with two attached hydrogens (primary N) is 1. The lowest BCUT2D eigenvalue weighted by molar-refractivity contribution is -0.0928. The Morgan fingerprint density at radius 2 is 1.64 bits per heavy atom. The molecule has 2 aliphatic rings. The predicted octanol–water partition coefficient (Wildman–Crippen LogP) is -2.90. The van der Waals surface area contributed by atoms with Crippen LogP contribution in [0.3, 0.4) is 0 Å². The first-order valence-electron chi connectivity index (χ1n) is 13.4. The van der Waals surface area contributed by atoms with Crippen molar-refractivity contribution < 1.29 is 85.2 Å². The molecule has 2 saturated heterocycles. The normalized spacial score (nSPS) is 29.0. The average Bonchev–Trinajstić information content (AvgIpc) is 3.64. The number of hydrogen-bond acceptors (Lipinski definition) is 17. The van der Waals surface area contributed by atoms with Crippen LogP contribution >= 0.6 is 31.1 Å². The number of phosphoric ester groups is 3. The number of imidazole rings is 1. The summed E-state index contributed by atoms with van der Waals surface area (Å²) < 4.78 is 81.2. The number of anilines is 1. The monoisotopic (exact) mass is 797 g/mol. The van der Waals surface area contributed by atoms with E-state index in [-0.39, 0.29) is 17.0 Å². The summed E-state index contributed by atoms with van der Waals surface area (Å²) in [7, 11) is -22.6. The fourth-order valence-electron chi connectivity index (χ4n) is 5.19. The fraction of sp³-hybridized carbons (Fsp3) is 0.526. The maximum absolute atomic E-state index is 14.1. The minimum atomic E-state index is -5.87. The highest BCUT2D eigenvalue weighted by atomic mass is 31.2. The Hall–Kier alpha value is -2.61. The number of aliphatic hydroxyl groups is 1. The molecule has 3 aromatic rings. The number of aromatic amines is 1. The standard InChI is InChI=1S/C19H27N7O20P4/c20-15-12-16(22-6-21-15)26(7-23-12)17-13(28)14(46-50(38,39)40)8(43-17)4-41-47(30,31)19(5-42-48(32,33)34)9(45-49(35,36)37)3-11(44-19)25-2-1-10(27)24-18(25)29/h1-2,6-9,11,13-14,17,28H,3-5H2,(H,30,31)(H2,20,21,22)(H,24,27,29)(H2,32,33,34)(H2,35,36,37)(H2,38,39,40). The molecule has 11 N–H and O–H groups in total. The Morgan fingerprint density at radius 3 is 2.26 bits per heavy atom. The second-order valence-corrected chi connectivity index (χ2v) is 16.2. The van der Waals surface area contributed by atoms with E-state index >= 15 is 0 Å². The van der Waals surface area contributed by atoms with Crippen LogP contribution in [0, 0.1) is 0 Å². The van der Waals surface area contributed by atoms with Gasteiger partial charge in [-0.3, -0.25) is 37.0 Å². The number of phosphoric acid groups is 3. The zero-order valence-electron chi connectivity index (χ0n) is 24.5. The van der Waals surface area contributed by atoms with E-state index in [0.29, 0.717) is 4.57 Å². The van der Waals surface area contributed by atoms with Gasteiger partial charge in [-0.2, -0.15) is 0 Å². The van der Waals surface area contributed by atoms with E-state index in [0.717, 1.165) is 29.5 Å². The fourth-order valence-corrected chi connectivity index (χ4v) is 8.47. The number of aliphatic hydroxyl groups excluding tert-OH is 1. The summed E-state index contributed by atoms with van der Waals surface area (Å²) in [5.74, 6) is -0.0979. The molecule has 50 heavy (non-hydrogen) atoms. The van der Waals surface area contributed by atoms with Gasteiger partial charge in [0.1, 0.15) is 49.1 Å². The number of nitrogens with zero attached hydrogens (tertiary/aromatic N) is 5. The van der Waals surface area contributed by atoms with Crippen molar-refractivity contribution in [1.29, 1.82) is 0 Å². The maximum Gasteiger partial charge on any atom is 0.470 e. The molecule has 0 saturated carbocycles. The van der Waals surface area contributed by atoms with Crippen molar-refractivity contribution in [1.82, 2.24) is 29.1 Å². The second kappa shape index (κ2) is 13.7. The first-order valence-corrected chi connectivity index (χ1v) is 19.6. The Bertz CT molecular complexity index is 2060. The number of nitrogens with one attached hydrogen (secondary N) is 1. The molecule has 0 aromatic carbocycles. The molecule has 3 aromatic heterocycles. The number of nitrogen functional groups attached to an aromatic ring is 1. The average molecular weight is 797 g/mol. The van der Waals surface area contributed by atoms with Crippen LogP contribution in [0.25, 0.3) is 11.2 Å². The summed E-state index contributed by atoms with van der Waals surface area (Å²) in [6.07, 6.45) is -9.83. The summed E-state index contributed by atoms with van der Waals surface area (Å²) in [6.45, 7) is -2.98. The van der Waals surface area contributed by atoms with Gasteiger partial charge in [0.2, 0.25) is 5.34 Å². The molecule has 2 aliphatic heterocycles. The molecule has 31 heteroatoms. The van der Waals surface area contributed by atoms with Crippen LogP contribution in [0.4, 0.5) is 5.82 Å². The van der Waals surface area contributed by atoms with Crippen molar-refractivity contribution in [3.05, 3.63) is 45.8 Å². The van der Waals surface area contributed by atoms with Crippen molar-refractivity contribution in [2.24, 2.45) is 0 Å². The number of aromatic nitrogens is 6. The van der Waals surface area contributed by atoms with Crippen LogP contribution in [-0.2, 0) is 45.8 Å². The Balaban J connectivity index is 1.52. The number of fused-ring (bicyclic) bond motifs is 1. The van der Waals surface area contributed by atoms with E-state index in [1.807, 2.05) is 4.98 Å². The molecule has 278 valence electrons. The van der Waals surface area contributed by atoms with Gasteiger partial charge < -0.3 is 59.1 Å². The largest absolute Gasteiger partial charge is 0.470 e. The lowest BCUT2D eigenvalue weighted by Crippen LogP contribution is -2.46. The van der Waals surface area contributed by atoms with E-state index < -0.39 is 104 Å². The zero-order valence-corrected chi connectivity index (χ0v) is 28.1. The summed E-state index contributed by atoms with van der Waals surface area (Å²) in [5, 5.41) is 7.72. The number of H-pyrrole nitrogens is 1. The SMILES string of the molecule is Nc1ncnc2c1ncn2C1OC(COP(=O)(O)C2(COP(=O)(O)O)OC(n3ccc(=O)[nH]c3=O)CC2OP(=O)(O)O)C(OP(=O)(O)O)C1O. The molecule has 0 radical (unpaired) electrons. The van der Waals surface area contributed by atoms with Gasteiger partial charge in [-0.15, -0.1) is 0 Å². The first-order chi connectivity index (χ1) is 23.0. The minimum absolute atomic E-state index is 0.0212. The third kappa shape index (κ3) is 8.21. The Labute approximate surface area is 275 Å². The van der Waals surface area contributed by atoms with E-state index in [1.54, 1.807) is 0 Å². The van der Waals surface area contributed by atoms with Gasteiger partial charge in [-0.1, -0.05) is 0 Å². The Morgan fingerprint density at radius 1 is 0.960 bits per heavy atom. The highest BCUT2D eigenvalue weighted by molar-refractivity contribution is 7.54. The topological polar surface area (TPSA) is 410 Å². The summed E-state index contributed by atoms with van der Waals surface area (Å²) >= 11 is 0. The van der Waals surface area contributed by atoms with E-state index in [1.165, 1.54) is 0 Å². The summed E-state index contributed by atoms with van der Waals surface area (Å²) in [4.78, 5) is 106. The van der Waals surface area contributed by atoms with Crippen molar-refractivity contribution in [2.45, 2.75) is 48.6 Å². The van der Waals surface area contributed by atoms with Crippen LogP contribution < -0.4 is 17.0 Å². The summed E-state index contributed by atoms with van der Waals surface area (Å²) in [6, 6.07) is 0.801. The molecule has 0 amide bonds. The molecule has 2 fully saturated rings. The first kappa shape index (κ1) is 38.6. The van der Waals surface area contributed by atoms with Crippen LogP contribution in [0.5, 0.6) is 0 Å². The van der Waals surface area contributed by atoms with Crippen molar-refractivity contribution in [3.8, 4) is 0 Å². The van der Waals surface area contributed by atoms with E-state index in [2.05, 4.69) is 28.5 Å². The smallest absolute Gasteiger partial charge is 0.386 e. The number of ether oxygens (including phenoxy) is 2. The molecule has 5 heterocycles. The quantitative estimate of drug-likeness (QED) is 0.0775. The maximum atomic E-state index is 14.1. The molecule has 5 rings (SSSR count). The van der Waals surface area contributed by atoms with Crippen molar-refractivity contribution in [3.63, 3.8) is 0 Å². The Kier molecular flexibility index (Phi) is 10.6. The molecule has 0 spiro atoms.